The minimum absolute atomic E-state index is 0.253. The van der Waals surface area contributed by atoms with E-state index in [1.165, 1.54) is 17.7 Å². The molecule has 0 bridgehead atoms. The molecule has 0 aliphatic rings. The van der Waals surface area contributed by atoms with Gasteiger partial charge in [-0.3, -0.25) is 0 Å². The molecule has 100 valence electrons. The molecular weight excluding hydrogens is 254 g/mol. The van der Waals surface area contributed by atoms with Crippen molar-refractivity contribution in [3.8, 4) is 11.1 Å². The third-order valence-corrected chi connectivity index (χ3v) is 3.58. The van der Waals surface area contributed by atoms with Crippen molar-refractivity contribution in [1.82, 2.24) is 0 Å². The van der Waals surface area contributed by atoms with Crippen LogP contribution in [-0.2, 0) is 6.42 Å². The Balaban J connectivity index is 2.18. The smallest absolute Gasteiger partial charge is 0.138 e. The van der Waals surface area contributed by atoms with E-state index in [1.54, 1.807) is 18.2 Å². The number of halogens is 2. The minimum atomic E-state index is -0.317. The van der Waals surface area contributed by atoms with Crippen LogP contribution in [0.15, 0.2) is 54.6 Å². The minimum Gasteiger partial charge on any atom is -0.207 e. The molecule has 0 N–H and O–H groups in total. The van der Waals surface area contributed by atoms with Gasteiger partial charge in [-0.05, 0) is 35.1 Å². The first-order valence-corrected chi connectivity index (χ1v) is 6.66. The topological polar surface area (TPSA) is 0 Å². The van der Waals surface area contributed by atoms with E-state index in [9.17, 15) is 8.78 Å². The highest BCUT2D eigenvalue weighted by atomic mass is 19.1. The molecule has 3 aromatic rings. The lowest BCUT2D eigenvalue weighted by Crippen LogP contribution is -1.89. The fourth-order valence-corrected chi connectivity index (χ4v) is 2.41. The maximum atomic E-state index is 14.6. The molecule has 0 radical (unpaired) electrons. The Bertz CT molecular complexity index is 758. The van der Waals surface area contributed by atoms with Crippen molar-refractivity contribution in [3.05, 3.63) is 71.8 Å². The van der Waals surface area contributed by atoms with Crippen LogP contribution >= 0.6 is 0 Å². The van der Waals surface area contributed by atoms with Crippen LogP contribution in [0.25, 0.3) is 21.9 Å². The molecule has 0 fully saturated rings. The second-order valence-electron chi connectivity index (χ2n) is 4.84. The Morgan fingerprint density at radius 3 is 2.30 bits per heavy atom. The molecule has 0 saturated carbocycles. The summed E-state index contributed by atoms with van der Waals surface area (Å²) in [6.07, 6.45) is 0.928. The van der Waals surface area contributed by atoms with Crippen LogP contribution in [0.5, 0.6) is 0 Å². The van der Waals surface area contributed by atoms with Crippen LogP contribution in [0.4, 0.5) is 8.78 Å². The van der Waals surface area contributed by atoms with E-state index in [1.807, 2.05) is 24.3 Å². The highest BCUT2D eigenvalue weighted by molar-refractivity contribution is 5.88. The van der Waals surface area contributed by atoms with Gasteiger partial charge in [0, 0.05) is 10.9 Å². The van der Waals surface area contributed by atoms with Crippen LogP contribution < -0.4 is 0 Å². The van der Waals surface area contributed by atoms with E-state index in [-0.39, 0.29) is 11.6 Å². The van der Waals surface area contributed by atoms with Crippen molar-refractivity contribution in [2.24, 2.45) is 0 Å². The fraction of sp³-hybridized carbons (Fsp3) is 0.111. The fourth-order valence-electron chi connectivity index (χ4n) is 2.41. The summed E-state index contributed by atoms with van der Waals surface area (Å²) in [7, 11) is 0. The van der Waals surface area contributed by atoms with Crippen molar-refractivity contribution in [2.75, 3.05) is 0 Å². The first kappa shape index (κ1) is 12.8. The lowest BCUT2D eigenvalue weighted by Gasteiger charge is -2.08. The Kier molecular flexibility index (Phi) is 3.23. The molecule has 0 unspecified atom stereocenters. The van der Waals surface area contributed by atoms with Gasteiger partial charge in [0.1, 0.15) is 11.6 Å². The molecule has 0 saturated heterocycles. The van der Waals surface area contributed by atoms with Gasteiger partial charge in [0.15, 0.2) is 0 Å². The Morgan fingerprint density at radius 1 is 0.850 bits per heavy atom. The number of benzene rings is 3. The quantitative estimate of drug-likeness (QED) is 0.588. The van der Waals surface area contributed by atoms with Gasteiger partial charge < -0.3 is 0 Å². The van der Waals surface area contributed by atoms with Gasteiger partial charge in [0.05, 0.1) is 0 Å². The van der Waals surface area contributed by atoms with Crippen LogP contribution in [0.2, 0.25) is 0 Å². The van der Waals surface area contributed by atoms with E-state index < -0.39 is 0 Å². The summed E-state index contributed by atoms with van der Waals surface area (Å²) >= 11 is 0. The van der Waals surface area contributed by atoms with E-state index in [0.717, 1.165) is 11.8 Å². The second kappa shape index (κ2) is 5.04. The number of hydrogen-bond donors (Lipinski definition) is 0. The van der Waals surface area contributed by atoms with Gasteiger partial charge in [0.25, 0.3) is 0 Å². The second-order valence-corrected chi connectivity index (χ2v) is 4.84. The maximum absolute atomic E-state index is 14.6. The lowest BCUT2D eigenvalue weighted by atomic mass is 9.98. The van der Waals surface area contributed by atoms with Crippen LogP contribution in [-0.4, -0.2) is 0 Å². The van der Waals surface area contributed by atoms with Crippen molar-refractivity contribution in [3.63, 3.8) is 0 Å². The molecule has 0 spiro atoms. The van der Waals surface area contributed by atoms with Crippen molar-refractivity contribution in [2.45, 2.75) is 13.3 Å². The molecule has 0 heterocycles. The zero-order valence-electron chi connectivity index (χ0n) is 11.2. The van der Waals surface area contributed by atoms with Gasteiger partial charge in [-0.15, -0.1) is 0 Å². The van der Waals surface area contributed by atoms with Crippen LogP contribution in [0.3, 0.4) is 0 Å². The van der Waals surface area contributed by atoms with E-state index in [4.69, 9.17) is 0 Å². The molecule has 0 aliphatic carbocycles. The summed E-state index contributed by atoms with van der Waals surface area (Å²) in [5.41, 5.74) is 2.37. The number of rotatable bonds is 2. The number of fused-ring (bicyclic) bond motifs is 1. The van der Waals surface area contributed by atoms with Gasteiger partial charge >= 0.3 is 0 Å². The summed E-state index contributed by atoms with van der Waals surface area (Å²) < 4.78 is 27.5. The average Bonchev–Trinajstić information content (AvgIpc) is 2.48. The molecule has 0 nitrogen and oxygen atoms in total. The highest BCUT2D eigenvalue weighted by Crippen LogP contribution is 2.29. The molecule has 2 heteroatoms. The third-order valence-electron chi connectivity index (χ3n) is 3.58. The molecule has 0 aromatic heterocycles. The summed E-state index contributed by atoms with van der Waals surface area (Å²) in [4.78, 5) is 0. The van der Waals surface area contributed by atoms with Gasteiger partial charge in [-0.25, -0.2) is 8.78 Å². The number of hydrogen-bond acceptors (Lipinski definition) is 0. The zero-order chi connectivity index (χ0) is 14.1. The predicted octanol–water partition coefficient (Wildman–Crippen LogP) is 5.35. The largest absolute Gasteiger partial charge is 0.207 e. The monoisotopic (exact) mass is 268 g/mol. The molecule has 3 rings (SSSR count). The van der Waals surface area contributed by atoms with Crippen molar-refractivity contribution < 1.29 is 8.78 Å². The van der Waals surface area contributed by atoms with E-state index in [2.05, 4.69) is 6.92 Å². The molecular formula is C18H14F2. The maximum Gasteiger partial charge on any atom is 0.138 e. The van der Waals surface area contributed by atoms with Crippen molar-refractivity contribution >= 4 is 10.8 Å². The standard InChI is InChI=1S/C18H14F2/c1-2-12-3-9-17-14(11-12)6-10-16(18(17)20)13-4-7-15(19)8-5-13/h3-11H,2H2,1H3. The van der Waals surface area contributed by atoms with Gasteiger partial charge in [-0.1, -0.05) is 49.4 Å². The van der Waals surface area contributed by atoms with Crippen LogP contribution in [0.1, 0.15) is 12.5 Å². The normalized spacial score (nSPS) is 10.9. The summed E-state index contributed by atoms with van der Waals surface area (Å²) in [6.45, 7) is 2.07. The first-order valence-electron chi connectivity index (χ1n) is 6.66. The molecule has 0 aliphatic heterocycles. The molecule has 0 atom stereocenters. The summed E-state index contributed by atoms with van der Waals surface area (Å²) in [5.74, 6) is -0.570. The van der Waals surface area contributed by atoms with Crippen molar-refractivity contribution in [1.29, 1.82) is 0 Å². The summed E-state index contributed by atoms with van der Waals surface area (Å²) in [6, 6.07) is 15.3. The SMILES string of the molecule is CCc1ccc2c(F)c(-c3ccc(F)cc3)ccc2c1. The van der Waals surface area contributed by atoms with Crippen LogP contribution in [0, 0.1) is 11.6 Å². The number of aryl methyl sites for hydroxylation is 1. The average molecular weight is 268 g/mol. The van der Waals surface area contributed by atoms with E-state index in [0.29, 0.717) is 16.5 Å². The Morgan fingerprint density at radius 2 is 1.60 bits per heavy atom. The van der Waals surface area contributed by atoms with Gasteiger partial charge in [0.2, 0.25) is 0 Å². The lowest BCUT2D eigenvalue weighted by molar-refractivity contribution is 0.627. The van der Waals surface area contributed by atoms with E-state index >= 15 is 0 Å². The highest BCUT2D eigenvalue weighted by Gasteiger charge is 2.09. The van der Waals surface area contributed by atoms with Gasteiger partial charge in [-0.2, -0.15) is 0 Å². The predicted molar refractivity (Wildman–Crippen MR) is 78.7 cm³/mol. The first-order chi connectivity index (χ1) is 9.69. The Hall–Kier alpha value is -2.22. The molecule has 0 amide bonds. The zero-order valence-corrected chi connectivity index (χ0v) is 11.2. The Labute approximate surface area is 116 Å². The molecule has 3 aromatic carbocycles. The molecule has 20 heavy (non-hydrogen) atoms. The summed E-state index contributed by atoms with van der Waals surface area (Å²) in [5, 5.41) is 1.50. The third kappa shape index (κ3) is 2.18.